The van der Waals surface area contributed by atoms with Crippen molar-refractivity contribution < 1.29 is 23.8 Å². The molecular formula is C12H20O5. The first-order valence-electron chi connectivity index (χ1n) is 5.34. The van der Waals surface area contributed by atoms with Gasteiger partial charge in [0.25, 0.3) is 0 Å². The van der Waals surface area contributed by atoms with Crippen LogP contribution in [0.1, 0.15) is 34.6 Å². The van der Waals surface area contributed by atoms with E-state index in [4.69, 9.17) is 14.2 Å². The smallest absolute Gasteiger partial charge is 0.456 e. The quantitative estimate of drug-likeness (QED) is 0.561. The molecule has 0 heterocycles. The Morgan fingerprint density at radius 3 is 2.24 bits per heavy atom. The van der Waals surface area contributed by atoms with E-state index in [-0.39, 0.29) is 6.61 Å². The second-order valence-corrected chi connectivity index (χ2v) is 4.77. The van der Waals surface area contributed by atoms with Crippen molar-refractivity contribution >= 4 is 12.1 Å². The summed E-state index contributed by atoms with van der Waals surface area (Å²) < 4.78 is 14.6. The maximum Gasteiger partial charge on any atom is 0.508 e. The van der Waals surface area contributed by atoms with E-state index in [0.29, 0.717) is 5.57 Å². The highest BCUT2D eigenvalue weighted by molar-refractivity contribution is 5.87. The van der Waals surface area contributed by atoms with Crippen LogP contribution in [0, 0.1) is 0 Å². The van der Waals surface area contributed by atoms with Crippen LogP contribution in [0.4, 0.5) is 4.79 Å². The Bertz CT molecular complexity index is 301. The summed E-state index contributed by atoms with van der Waals surface area (Å²) in [6, 6.07) is 0. The first-order chi connectivity index (χ1) is 7.61. The summed E-state index contributed by atoms with van der Waals surface area (Å²) in [5, 5.41) is 0. The molecule has 5 heteroatoms. The Labute approximate surface area is 102 Å². The van der Waals surface area contributed by atoms with Crippen LogP contribution in [-0.2, 0) is 19.0 Å². The maximum absolute atomic E-state index is 11.2. The predicted molar refractivity (Wildman–Crippen MR) is 62.6 cm³/mol. The van der Waals surface area contributed by atoms with Crippen LogP contribution in [0.15, 0.2) is 12.2 Å². The minimum absolute atomic E-state index is 0.0477. The van der Waals surface area contributed by atoms with Crippen molar-refractivity contribution in [3.8, 4) is 0 Å². The summed E-state index contributed by atoms with van der Waals surface area (Å²) in [5.41, 5.74) is -0.302. The fourth-order valence-electron chi connectivity index (χ4n) is 0.782. The van der Waals surface area contributed by atoms with Crippen molar-refractivity contribution in [1.29, 1.82) is 0 Å². The van der Waals surface area contributed by atoms with Crippen molar-refractivity contribution in [2.24, 2.45) is 0 Å². The fraction of sp³-hybridized carbons (Fsp3) is 0.667. The number of carbonyl (C=O) groups excluding carboxylic acids is 2. The molecule has 0 amide bonds. The molecule has 1 atom stereocenters. The van der Waals surface area contributed by atoms with Crippen LogP contribution in [-0.4, -0.2) is 30.4 Å². The first kappa shape index (κ1) is 15.5. The molecule has 17 heavy (non-hydrogen) atoms. The topological polar surface area (TPSA) is 61.8 Å². The van der Waals surface area contributed by atoms with E-state index in [1.807, 2.05) is 0 Å². The van der Waals surface area contributed by atoms with Crippen LogP contribution in [0.3, 0.4) is 0 Å². The molecule has 0 saturated carbocycles. The summed E-state index contributed by atoms with van der Waals surface area (Å²) in [5.74, 6) is -0.509. The Morgan fingerprint density at radius 2 is 1.82 bits per heavy atom. The zero-order valence-electron chi connectivity index (χ0n) is 11.0. The maximum atomic E-state index is 11.2. The van der Waals surface area contributed by atoms with Gasteiger partial charge in [0.15, 0.2) is 0 Å². The lowest BCUT2D eigenvalue weighted by molar-refractivity contribution is -0.146. The van der Waals surface area contributed by atoms with E-state index in [9.17, 15) is 9.59 Å². The van der Waals surface area contributed by atoms with Crippen molar-refractivity contribution in [3.05, 3.63) is 12.2 Å². The Balaban J connectivity index is 3.92. The highest BCUT2D eigenvalue weighted by Crippen LogP contribution is 2.08. The van der Waals surface area contributed by atoms with Gasteiger partial charge in [0, 0.05) is 5.57 Å². The predicted octanol–water partition coefficient (Wildman–Crippen LogP) is 2.45. The van der Waals surface area contributed by atoms with Crippen LogP contribution in [0.2, 0.25) is 0 Å². The SMILES string of the molecule is C=C(C)C(=O)OC(C)COC(=O)OC(C)(C)C. The molecule has 98 valence electrons. The Hall–Kier alpha value is -1.52. The van der Waals surface area contributed by atoms with Gasteiger partial charge in [0.05, 0.1) is 0 Å². The molecule has 0 saturated heterocycles. The van der Waals surface area contributed by atoms with Gasteiger partial charge in [0.1, 0.15) is 18.3 Å². The van der Waals surface area contributed by atoms with Crippen molar-refractivity contribution in [1.82, 2.24) is 0 Å². The molecule has 5 nitrogen and oxygen atoms in total. The van der Waals surface area contributed by atoms with Crippen LogP contribution in [0.25, 0.3) is 0 Å². The highest BCUT2D eigenvalue weighted by Gasteiger charge is 2.19. The van der Waals surface area contributed by atoms with E-state index < -0.39 is 23.8 Å². The first-order valence-corrected chi connectivity index (χ1v) is 5.34. The van der Waals surface area contributed by atoms with Crippen molar-refractivity contribution in [2.75, 3.05) is 6.61 Å². The fourth-order valence-corrected chi connectivity index (χ4v) is 0.782. The standard InChI is InChI=1S/C12H20O5/c1-8(2)10(13)16-9(3)7-15-11(14)17-12(4,5)6/h9H,1,7H2,2-6H3. The molecule has 0 rings (SSSR count). The van der Waals surface area contributed by atoms with Gasteiger partial charge in [0.2, 0.25) is 0 Å². The number of ether oxygens (including phenoxy) is 3. The minimum Gasteiger partial charge on any atom is -0.456 e. The average molecular weight is 244 g/mol. The summed E-state index contributed by atoms with van der Waals surface area (Å²) >= 11 is 0. The summed E-state index contributed by atoms with van der Waals surface area (Å²) in [6.45, 7) is 11.8. The van der Waals surface area contributed by atoms with Gasteiger partial charge in [-0.05, 0) is 34.6 Å². The highest BCUT2D eigenvalue weighted by atomic mass is 16.7. The molecule has 0 aliphatic carbocycles. The van der Waals surface area contributed by atoms with E-state index in [2.05, 4.69) is 6.58 Å². The molecule has 0 radical (unpaired) electrons. The molecular weight excluding hydrogens is 224 g/mol. The normalized spacial score (nSPS) is 12.5. The zero-order chi connectivity index (χ0) is 13.6. The van der Waals surface area contributed by atoms with Gasteiger partial charge in [-0.3, -0.25) is 0 Å². The number of rotatable bonds is 4. The third-order valence-corrected chi connectivity index (χ3v) is 1.48. The number of esters is 1. The van der Waals surface area contributed by atoms with Crippen molar-refractivity contribution in [2.45, 2.75) is 46.3 Å². The Morgan fingerprint density at radius 1 is 1.29 bits per heavy atom. The van der Waals surface area contributed by atoms with E-state index in [1.54, 1.807) is 34.6 Å². The minimum atomic E-state index is -0.782. The van der Waals surface area contributed by atoms with Gasteiger partial charge < -0.3 is 14.2 Å². The molecule has 1 unspecified atom stereocenters. The molecule has 0 aliphatic heterocycles. The lowest BCUT2D eigenvalue weighted by Gasteiger charge is -2.20. The third kappa shape index (κ3) is 8.30. The second kappa shape index (κ2) is 6.27. The second-order valence-electron chi connectivity index (χ2n) is 4.77. The molecule has 0 aromatic rings. The lowest BCUT2D eigenvalue weighted by atomic mass is 10.2. The molecule has 0 aromatic heterocycles. The molecule has 0 spiro atoms. The lowest BCUT2D eigenvalue weighted by Crippen LogP contribution is -2.28. The van der Waals surface area contributed by atoms with Gasteiger partial charge in [-0.1, -0.05) is 6.58 Å². The largest absolute Gasteiger partial charge is 0.508 e. The number of hydrogen-bond acceptors (Lipinski definition) is 5. The van der Waals surface area contributed by atoms with Gasteiger partial charge in [-0.2, -0.15) is 0 Å². The van der Waals surface area contributed by atoms with E-state index in [0.717, 1.165) is 0 Å². The molecule has 0 aromatic carbocycles. The van der Waals surface area contributed by atoms with Crippen molar-refractivity contribution in [3.63, 3.8) is 0 Å². The summed E-state index contributed by atoms with van der Waals surface area (Å²) in [6.07, 6.45) is -1.32. The summed E-state index contributed by atoms with van der Waals surface area (Å²) in [4.78, 5) is 22.3. The number of carbonyl (C=O) groups is 2. The molecule has 0 aliphatic rings. The molecule has 0 fully saturated rings. The van der Waals surface area contributed by atoms with E-state index in [1.165, 1.54) is 0 Å². The number of hydrogen-bond donors (Lipinski definition) is 0. The van der Waals surface area contributed by atoms with Gasteiger partial charge in [-0.15, -0.1) is 0 Å². The molecule has 0 N–H and O–H groups in total. The monoisotopic (exact) mass is 244 g/mol. The van der Waals surface area contributed by atoms with Crippen LogP contribution < -0.4 is 0 Å². The van der Waals surface area contributed by atoms with Crippen LogP contribution >= 0.6 is 0 Å². The average Bonchev–Trinajstić information content (AvgIpc) is 2.11. The van der Waals surface area contributed by atoms with E-state index >= 15 is 0 Å². The Kier molecular flexibility index (Phi) is 5.71. The zero-order valence-corrected chi connectivity index (χ0v) is 11.0. The van der Waals surface area contributed by atoms with Gasteiger partial charge >= 0.3 is 12.1 Å². The molecule has 0 bridgehead atoms. The third-order valence-electron chi connectivity index (χ3n) is 1.48. The summed E-state index contributed by atoms with van der Waals surface area (Å²) in [7, 11) is 0. The van der Waals surface area contributed by atoms with Crippen LogP contribution in [0.5, 0.6) is 0 Å². The van der Waals surface area contributed by atoms with Gasteiger partial charge in [-0.25, -0.2) is 9.59 Å².